The average Bonchev–Trinajstić information content (AvgIpc) is 3.11. The van der Waals surface area contributed by atoms with Crippen molar-refractivity contribution in [2.24, 2.45) is 10.9 Å². The van der Waals surface area contributed by atoms with Gasteiger partial charge in [-0.2, -0.15) is 0 Å². The summed E-state index contributed by atoms with van der Waals surface area (Å²) in [5, 5.41) is 0. The van der Waals surface area contributed by atoms with Crippen molar-refractivity contribution >= 4 is 23.4 Å². The number of hydrogen-bond donors (Lipinski definition) is 0. The molecule has 3 heterocycles. The van der Waals surface area contributed by atoms with Gasteiger partial charge in [-0.1, -0.05) is 35.6 Å². The number of aromatic nitrogens is 1. The number of esters is 1. The van der Waals surface area contributed by atoms with Gasteiger partial charge in [-0.3, -0.25) is 14.2 Å². The van der Waals surface area contributed by atoms with Crippen LogP contribution in [-0.2, 0) is 9.53 Å². The Labute approximate surface area is 193 Å². The van der Waals surface area contributed by atoms with E-state index in [-0.39, 0.29) is 5.56 Å². The second-order valence-corrected chi connectivity index (χ2v) is 8.94. The summed E-state index contributed by atoms with van der Waals surface area (Å²) in [6, 6.07) is 12.2. The summed E-state index contributed by atoms with van der Waals surface area (Å²) in [6.45, 7) is 1.75. The Morgan fingerprint density at radius 2 is 1.91 bits per heavy atom. The minimum atomic E-state index is -1.19. The van der Waals surface area contributed by atoms with Crippen LogP contribution in [0.3, 0.4) is 0 Å². The molecule has 0 N–H and O–H groups in total. The molecule has 0 aliphatic carbocycles. The zero-order chi connectivity index (χ0) is 23.3. The van der Waals surface area contributed by atoms with Gasteiger partial charge in [0.05, 0.1) is 31.9 Å². The largest absolute Gasteiger partial charge is 0.493 e. The Morgan fingerprint density at radius 3 is 2.64 bits per heavy atom. The van der Waals surface area contributed by atoms with Crippen molar-refractivity contribution in [3.63, 3.8) is 0 Å². The molecule has 2 aliphatic rings. The lowest BCUT2D eigenvalue weighted by molar-refractivity contribution is -0.158. The second kappa shape index (κ2) is 7.77. The zero-order valence-electron chi connectivity index (χ0n) is 18.5. The first kappa shape index (κ1) is 21.3. The molecule has 33 heavy (non-hydrogen) atoms. The third-order valence-electron chi connectivity index (χ3n) is 6.04. The maximum Gasteiger partial charge on any atom is 0.317 e. The topological polar surface area (TPSA) is 88.4 Å². The predicted octanol–water partition coefficient (Wildman–Crippen LogP) is 1.88. The van der Waals surface area contributed by atoms with Gasteiger partial charge >= 0.3 is 5.97 Å². The van der Waals surface area contributed by atoms with Crippen molar-refractivity contribution in [1.82, 2.24) is 4.57 Å². The summed E-state index contributed by atoms with van der Waals surface area (Å²) in [4.78, 5) is 31.7. The number of ether oxygens (including phenoxy) is 4. The van der Waals surface area contributed by atoms with Crippen LogP contribution in [0.4, 0.5) is 0 Å². The molecule has 2 aliphatic heterocycles. The van der Waals surface area contributed by atoms with Gasteiger partial charge in [0.1, 0.15) is 11.7 Å². The average molecular weight is 467 g/mol. The highest BCUT2D eigenvalue weighted by molar-refractivity contribution is 7.07. The molecule has 1 aromatic heterocycles. The van der Waals surface area contributed by atoms with Gasteiger partial charge in [0.25, 0.3) is 5.56 Å². The van der Waals surface area contributed by atoms with E-state index in [2.05, 4.69) is 0 Å². The first-order chi connectivity index (χ1) is 15.9. The molecule has 9 heteroatoms. The van der Waals surface area contributed by atoms with Crippen molar-refractivity contribution in [2.45, 2.75) is 18.7 Å². The van der Waals surface area contributed by atoms with Crippen molar-refractivity contribution in [3.8, 4) is 17.2 Å². The lowest BCUT2D eigenvalue weighted by Crippen LogP contribution is -2.58. The molecule has 0 spiro atoms. The Hall–Kier alpha value is -3.59. The highest BCUT2D eigenvalue weighted by Crippen LogP contribution is 2.47. The minimum Gasteiger partial charge on any atom is -0.493 e. The Morgan fingerprint density at radius 1 is 1.15 bits per heavy atom. The molecule has 8 nitrogen and oxygen atoms in total. The van der Waals surface area contributed by atoms with E-state index in [1.54, 1.807) is 43.9 Å². The third-order valence-corrected chi connectivity index (χ3v) is 7.02. The number of nitrogens with zero attached hydrogens (tertiary/aromatic N) is 2. The smallest absolute Gasteiger partial charge is 0.317 e. The van der Waals surface area contributed by atoms with E-state index in [9.17, 15) is 9.59 Å². The van der Waals surface area contributed by atoms with Gasteiger partial charge in [-0.15, -0.1) is 0 Å². The number of para-hydroxylation sites is 1. The van der Waals surface area contributed by atoms with Gasteiger partial charge in [-0.05, 0) is 36.8 Å². The first-order valence-corrected chi connectivity index (χ1v) is 11.1. The molecule has 2 bridgehead atoms. The van der Waals surface area contributed by atoms with Crippen LogP contribution < -0.4 is 29.1 Å². The predicted molar refractivity (Wildman–Crippen MR) is 122 cm³/mol. The highest BCUT2D eigenvalue weighted by Gasteiger charge is 2.55. The number of methoxy groups -OCH3 is 3. The van der Waals surface area contributed by atoms with Gasteiger partial charge in [0.15, 0.2) is 16.3 Å². The quantitative estimate of drug-likeness (QED) is 0.546. The normalized spacial score (nSPS) is 23.0. The van der Waals surface area contributed by atoms with Crippen LogP contribution in [0, 0.1) is 5.92 Å². The number of carbonyl (C=O) groups is 1. The molecular formula is C24H22N2O6S. The zero-order valence-corrected chi connectivity index (χ0v) is 19.3. The molecule has 0 amide bonds. The molecule has 2 aromatic carbocycles. The van der Waals surface area contributed by atoms with Crippen LogP contribution >= 0.6 is 11.3 Å². The summed E-state index contributed by atoms with van der Waals surface area (Å²) < 4.78 is 24.0. The van der Waals surface area contributed by atoms with Gasteiger partial charge in [-0.25, -0.2) is 4.99 Å². The maximum atomic E-state index is 13.6. The molecule has 3 atom stereocenters. The SMILES string of the molecule is COC(=O)[C@@H]1[C@@H]2c3ccccc3O[C@]1(C)N=c1s/c(=C/c3ccc(OC)c(OC)c3)c(=O)n12. The number of carbonyl (C=O) groups excluding carboxylic acids is 1. The number of fused-ring (bicyclic) bond motifs is 6. The molecule has 0 fully saturated rings. The fraction of sp³-hybridized carbons (Fsp3) is 0.292. The summed E-state index contributed by atoms with van der Waals surface area (Å²) in [7, 11) is 4.46. The van der Waals surface area contributed by atoms with Crippen LogP contribution in [0.5, 0.6) is 17.2 Å². The summed E-state index contributed by atoms with van der Waals surface area (Å²) in [5.74, 6) is 0.487. The third kappa shape index (κ3) is 3.22. The van der Waals surface area contributed by atoms with E-state index in [1.807, 2.05) is 30.3 Å². The Kier molecular flexibility index (Phi) is 5.01. The molecule has 5 rings (SSSR count). The van der Waals surface area contributed by atoms with E-state index in [0.717, 1.165) is 11.1 Å². The summed E-state index contributed by atoms with van der Waals surface area (Å²) >= 11 is 1.26. The molecule has 0 radical (unpaired) electrons. The Bertz CT molecular complexity index is 1440. The lowest BCUT2D eigenvalue weighted by atomic mass is 9.81. The number of thiazole rings is 1. The minimum absolute atomic E-state index is 0.230. The number of rotatable bonds is 4. The van der Waals surface area contributed by atoms with E-state index in [0.29, 0.717) is 26.6 Å². The molecule has 170 valence electrons. The molecule has 3 aromatic rings. The summed E-state index contributed by atoms with van der Waals surface area (Å²) in [6.07, 6.45) is 1.78. The van der Waals surface area contributed by atoms with Crippen molar-refractivity contribution in [3.05, 3.63) is 73.3 Å². The van der Waals surface area contributed by atoms with Crippen LogP contribution in [0.15, 0.2) is 52.3 Å². The second-order valence-electron chi connectivity index (χ2n) is 7.93. The van der Waals surface area contributed by atoms with Gasteiger partial charge < -0.3 is 18.9 Å². The first-order valence-electron chi connectivity index (χ1n) is 10.3. The lowest BCUT2D eigenvalue weighted by Gasteiger charge is -2.44. The van der Waals surface area contributed by atoms with E-state index in [4.69, 9.17) is 23.9 Å². The summed E-state index contributed by atoms with van der Waals surface area (Å²) in [5.41, 5.74) is 0.105. The fourth-order valence-corrected chi connectivity index (χ4v) is 5.62. The molecule has 0 saturated heterocycles. The highest BCUT2D eigenvalue weighted by atomic mass is 32.1. The molecule has 0 unspecified atom stereocenters. The molecule has 0 saturated carbocycles. The van der Waals surface area contributed by atoms with Gasteiger partial charge in [0.2, 0.25) is 5.72 Å². The van der Waals surface area contributed by atoms with Crippen LogP contribution in [0.2, 0.25) is 0 Å². The van der Waals surface area contributed by atoms with E-state index >= 15 is 0 Å². The van der Waals surface area contributed by atoms with Crippen molar-refractivity contribution < 1.29 is 23.7 Å². The van der Waals surface area contributed by atoms with Crippen LogP contribution in [-0.4, -0.2) is 37.6 Å². The maximum absolute atomic E-state index is 13.6. The van der Waals surface area contributed by atoms with E-state index in [1.165, 1.54) is 18.4 Å². The van der Waals surface area contributed by atoms with E-state index < -0.39 is 23.7 Å². The Balaban J connectivity index is 1.74. The van der Waals surface area contributed by atoms with Crippen LogP contribution in [0.25, 0.3) is 6.08 Å². The van der Waals surface area contributed by atoms with Crippen molar-refractivity contribution in [1.29, 1.82) is 0 Å². The standard InChI is InChI=1S/C24H22N2O6S/c1-24-19(22(28)31-4)20(14-7-5-6-8-15(14)32-24)26-21(27)18(33-23(26)25-24)12-13-9-10-16(29-2)17(11-13)30-3/h5-12,19-20H,1-4H3/b18-12+/t19-,20-,24-/m0/s1. The molecular weight excluding hydrogens is 444 g/mol. The number of benzene rings is 2. The fourth-order valence-electron chi connectivity index (χ4n) is 4.53. The number of hydrogen-bond acceptors (Lipinski definition) is 8. The monoisotopic (exact) mass is 466 g/mol. The van der Waals surface area contributed by atoms with Crippen LogP contribution in [0.1, 0.15) is 24.1 Å². The van der Waals surface area contributed by atoms with Gasteiger partial charge in [0, 0.05) is 5.56 Å². The van der Waals surface area contributed by atoms with Crippen molar-refractivity contribution in [2.75, 3.05) is 21.3 Å².